The van der Waals surface area contributed by atoms with Gasteiger partial charge < -0.3 is 10.6 Å². The van der Waals surface area contributed by atoms with Gasteiger partial charge in [-0.1, -0.05) is 24.3 Å². The smallest absolute Gasteiger partial charge is 0.237 e. The SMILES string of the molecule is C[C@@H]1C[C@H](C(N)=O)c2ccccc2N1C(=O)CSCc1cccs1. The van der Waals surface area contributed by atoms with Gasteiger partial charge in [0.15, 0.2) is 0 Å². The maximum absolute atomic E-state index is 12.8. The van der Waals surface area contributed by atoms with E-state index in [1.54, 1.807) is 23.1 Å². The van der Waals surface area contributed by atoms with Gasteiger partial charge >= 0.3 is 0 Å². The molecule has 2 amide bonds. The van der Waals surface area contributed by atoms with Gasteiger partial charge in [-0.15, -0.1) is 23.1 Å². The first-order chi connectivity index (χ1) is 11.6. The number of para-hydroxylation sites is 1. The van der Waals surface area contributed by atoms with E-state index in [0.717, 1.165) is 17.0 Å². The summed E-state index contributed by atoms with van der Waals surface area (Å²) in [5.41, 5.74) is 7.24. The van der Waals surface area contributed by atoms with Crippen molar-refractivity contribution >= 4 is 40.6 Å². The summed E-state index contributed by atoms with van der Waals surface area (Å²) in [5.74, 6) is 0.710. The molecule has 1 aromatic carbocycles. The van der Waals surface area contributed by atoms with Crippen LogP contribution in [0.25, 0.3) is 0 Å². The predicted molar refractivity (Wildman–Crippen MR) is 100 cm³/mol. The Morgan fingerprint density at radius 2 is 2.08 bits per heavy atom. The summed E-state index contributed by atoms with van der Waals surface area (Å²) in [7, 11) is 0. The second-order valence-electron chi connectivity index (χ2n) is 5.93. The number of carbonyl (C=O) groups is 2. The van der Waals surface area contributed by atoms with Crippen molar-refractivity contribution in [2.24, 2.45) is 5.73 Å². The lowest BCUT2D eigenvalue weighted by atomic mass is 9.85. The van der Waals surface area contributed by atoms with E-state index in [2.05, 4.69) is 6.07 Å². The zero-order valence-electron chi connectivity index (χ0n) is 13.5. The first kappa shape index (κ1) is 17.0. The van der Waals surface area contributed by atoms with Crippen molar-refractivity contribution in [3.8, 4) is 0 Å². The van der Waals surface area contributed by atoms with Crippen LogP contribution in [0, 0.1) is 0 Å². The molecule has 3 rings (SSSR count). The van der Waals surface area contributed by atoms with Crippen LogP contribution in [-0.4, -0.2) is 23.6 Å². The summed E-state index contributed by atoms with van der Waals surface area (Å²) in [6.07, 6.45) is 0.577. The summed E-state index contributed by atoms with van der Waals surface area (Å²) in [5, 5.41) is 2.05. The third-order valence-corrected chi connectivity index (χ3v) is 6.28. The summed E-state index contributed by atoms with van der Waals surface area (Å²) < 4.78 is 0. The molecule has 1 aliphatic rings. The number of amides is 2. The number of carbonyl (C=O) groups excluding carboxylic acids is 2. The van der Waals surface area contributed by atoms with Crippen molar-refractivity contribution in [1.29, 1.82) is 0 Å². The molecule has 1 aliphatic heterocycles. The van der Waals surface area contributed by atoms with Crippen LogP contribution in [0.5, 0.6) is 0 Å². The van der Waals surface area contributed by atoms with Gasteiger partial charge in [-0.05, 0) is 36.4 Å². The Morgan fingerprint density at radius 1 is 1.29 bits per heavy atom. The number of hydrogen-bond donors (Lipinski definition) is 1. The minimum Gasteiger partial charge on any atom is -0.369 e. The van der Waals surface area contributed by atoms with Crippen LogP contribution >= 0.6 is 23.1 Å². The third kappa shape index (κ3) is 3.49. The zero-order valence-corrected chi connectivity index (χ0v) is 15.1. The summed E-state index contributed by atoms with van der Waals surface area (Å²) in [4.78, 5) is 27.6. The first-order valence-electron chi connectivity index (χ1n) is 7.88. The van der Waals surface area contributed by atoms with Gasteiger partial charge in [0.25, 0.3) is 0 Å². The number of nitrogens with two attached hydrogens (primary N) is 1. The highest BCUT2D eigenvalue weighted by Crippen LogP contribution is 2.38. The van der Waals surface area contributed by atoms with Crippen LogP contribution < -0.4 is 10.6 Å². The Hall–Kier alpha value is -1.79. The Morgan fingerprint density at radius 3 is 2.79 bits per heavy atom. The topological polar surface area (TPSA) is 63.4 Å². The second-order valence-corrected chi connectivity index (χ2v) is 7.95. The minimum atomic E-state index is -0.325. The number of thioether (sulfide) groups is 1. The molecule has 0 radical (unpaired) electrons. The molecule has 2 N–H and O–H groups in total. The highest BCUT2D eigenvalue weighted by atomic mass is 32.2. The van der Waals surface area contributed by atoms with Gasteiger partial charge in [0.1, 0.15) is 0 Å². The molecule has 0 spiro atoms. The number of benzene rings is 1. The second kappa shape index (κ2) is 7.40. The maximum atomic E-state index is 12.8. The Bertz CT molecular complexity index is 730. The quantitative estimate of drug-likeness (QED) is 0.889. The number of anilines is 1. The number of thiophene rings is 1. The number of fused-ring (bicyclic) bond motifs is 1. The van der Waals surface area contributed by atoms with Crippen molar-refractivity contribution in [2.75, 3.05) is 10.7 Å². The lowest BCUT2D eigenvalue weighted by molar-refractivity contribution is -0.121. The van der Waals surface area contributed by atoms with E-state index in [4.69, 9.17) is 5.73 Å². The molecule has 4 nitrogen and oxygen atoms in total. The first-order valence-corrected chi connectivity index (χ1v) is 9.91. The largest absolute Gasteiger partial charge is 0.369 e. The summed E-state index contributed by atoms with van der Waals surface area (Å²) in [6, 6.07) is 11.7. The number of rotatable bonds is 5. The van der Waals surface area contributed by atoms with E-state index < -0.39 is 0 Å². The highest BCUT2D eigenvalue weighted by Gasteiger charge is 2.35. The molecule has 0 saturated carbocycles. The molecule has 126 valence electrons. The van der Waals surface area contributed by atoms with Gasteiger partial charge in [0, 0.05) is 22.4 Å². The van der Waals surface area contributed by atoms with Crippen molar-refractivity contribution in [1.82, 2.24) is 0 Å². The van der Waals surface area contributed by atoms with Crippen LogP contribution in [0.1, 0.15) is 29.7 Å². The minimum absolute atomic E-state index is 0.0350. The molecule has 0 unspecified atom stereocenters. The Balaban J connectivity index is 1.75. The van der Waals surface area contributed by atoms with Crippen LogP contribution in [0.15, 0.2) is 41.8 Å². The van der Waals surface area contributed by atoms with Crippen molar-refractivity contribution < 1.29 is 9.59 Å². The van der Waals surface area contributed by atoms with Crippen molar-refractivity contribution in [2.45, 2.75) is 31.1 Å². The lowest BCUT2D eigenvalue weighted by Gasteiger charge is -2.38. The molecule has 24 heavy (non-hydrogen) atoms. The van der Waals surface area contributed by atoms with Crippen LogP contribution in [0.4, 0.5) is 5.69 Å². The highest BCUT2D eigenvalue weighted by molar-refractivity contribution is 7.99. The van der Waals surface area contributed by atoms with Crippen LogP contribution in [0.3, 0.4) is 0 Å². The van der Waals surface area contributed by atoms with Gasteiger partial charge in [-0.25, -0.2) is 0 Å². The third-order valence-electron chi connectivity index (χ3n) is 4.25. The van der Waals surface area contributed by atoms with Gasteiger partial charge in [-0.2, -0.15) is 0 Å². The van der Waals surface area contributed by atoms with E-state index in [1.807, 2.05) is 47.5 Å². The fourth-order valence-electron chi connectivity index (χ4n) is 3.17. The lowest BCUT2D eigenvalue weighted by Crippen LogP contribution is -2.46. The average molecular weight is 361 g/mol. The van der Waals surface area contributed by atoms with E-state index in [0.29, 0.717) is 12.2 Å². The molecular weight excluding hydrogens is 340 g/mol. The van der Waals surface area contributed by atoms with Crippen LogP contribution in [-0.2, 0) is 15.3 Å². The van der Waals surface area contributed by atoms with Gasteiger partial charge in [-0.3, -0.25) is 9.59 Å². The molecule has 2 atom stereocenters. The molecule has 0 saturated heterocycles. The maximum Gasteiger partial charge on any atom is 0.237 e. The standard InChI is InChI=1S/C18H20N2O2S2/c1-12-9-15(18(19)22)14-6-2-3-7-16(14)20(12)17(21)11-23-10-13-5-4-8-24-13/h2-8,12,15H,9-11H2,1H3,(H2,19,22)/t12-,15+/m1/s1. The zero-order chi connectivity index (χ0) is 17.1. The molecule has 0 fully saturated rings. The van der Waals surface area contributed by atoms with E-state index in [-0.39, 0.29) is 23.8 Å². The fraction of sp³-hybridized carbons (Fsp3) is 0.333. The van der Waals surface area contributed by atoms with Crippen molar-refractivity contribution in [3.63, 3.8) is 0 Å². The monoisotopic (exact) mass is 360 g/mol. The Labute approximate surface area is 150 Å². The van der Waals surface area contributed by atoms with E-state index in [1.165, 1.54) is 4.88 Å². The van der Waals surface area contributed by atoms with Crippen LogP contribution in [0.2, 0.25) is 0 Å². The fourth-order valence-corrected chi connectivity index (χ4v) is 4.89. The predicted octanol–water partition coefficient (Wildman–Crippen LogP) is 3.38. The van der Waals surface area contributed by atoms with E-state index >= 15 is 0 Å². The number of hydrogen-bond acceptors (Lipinski definition) is 4. The molecular formula is C18H20N2O2S2. The Kier molecular flexibility index (Phi) is 5.26. The molecule has 2 aromatic rings. The summed E-state index contributed by atoms with van der Waals surface area (Å²) >= 11 is 3.33. The number of nitrogens with zero attached hydrogens (tertiary/aromatic N) is 1. The average Bonchev–Trinajstić information content (AvgIpc) is 3.07. The van der Waals surface area contributed by atoms with Crippen molar-refractivity contribution in [3.05, 3.63) is 52.2 Å². The normalized spacial score (nSPS) is 19.8. The van der Waals surface area contributed by atoms with Gasteiger partial charge in [0.2, 0.25) is 11.8 Å². The molecule has 6 heteroatoms. The molecule has 0 aliphatic carbocycles. The van der Waals surface area contributed by atoms with E-state index in [9.17, 15) is 9.59 Å². The molecule has 0 bridgehead atoms. The summed E-state index contributed by atoms with van der Waals surface area (Å²) in [6.45, 7) is 1.98. The molecule has 2 heterocycles. The molecule has 1 aromatic heterocycles. The number of primary amides is 1. The van der Waals surface area contributed by atoms with Gasteiger partial charge in [0.05, 0.1) is 11.7 Å².